The summed E-state index contributed by atoms with van der Waals surface area (Å²) in [6.07, 6.45) is 0. The summed E-state index contributed by atoms with van der Waals surface area (Å²) in [5, 5.41) is 0. The van der Waals surface area contributed by atoms with E-state index in [0.29, 0.717) is 17.0 Å². The Bertz CT molecular complexity index is 627. The zero-order valence-electron chi connectivity index (χ0n) is 11.8. The molecule has 2 aromatic rings. The number of rotatable bonds is 3. The molecule has 0 saturated carbocycles. The van der Waals surface area contributed by atoms with Gasteiger partial charge < -0.3 is 15.2 Å². The van der Waals surface area contributed by atoms with E-state index < -0.39 is 0 Å². The Morgan fingerprint density at radius 3 is 2.35 bits per heavy atom. The third-order valence-electron chi connectivity index (χ3n) is 2.96. The Morgan fingerprint density at radius 1 is 1.10 bits per heavy atom. The minimum Gasteiger partial charge on any atom is -0.465 e. The number of esters is 1. The van der Waals surface area contributed by atoms with E-state index in [1.807, 2.05) is 26.0 Å². The zero-order chi connectivity index (χ0) is 14.7. The number of methoxy groups -OCH3 is 1. The number of ether oxygens (including phenoxy) is 2. The van der Waals surface area contributed by atoms with Crippen LogP contribution in [0, 0.1) is 13.8 Å². The molecule has 0 unspecified atom stereocenters. The molecule has 0 radical (unpaired) electrons. The lowest BCUT2D eigenvalue weighted by molar-refractivity contribution is 0.0600. The molecule has 2 rings (SSSR count). The summed E-state index contributed by atoms with van der Waals surface area (Å²) in [5.74, 6) is 0.950. The van der Waals surface area contributed by atoms with E-state index in [1.54, 1.807) is 24.3 Å². The Morgan fingerprint density at radius 2 is 1.75 bits per heavy atom. The molecule has 0 heterocycles. The third kappa shape index (κ3) is 2.91. The minimum absolute atomic E-state index is 0.388. The van der Waals surface area contributed by atoms with E-state index in [2.05, 4.69) is 0 Å². The van der Waals surface area contributed by atoms with Crippen LogP contribution in [0.3, 0.4) is 0 Å². The van der Waals surface area contributed by atoms with Gasteiger partial charge >= 0.3 is 5.97 Å². The third-order valence-corrected chi connectivity index (χ3v) is 2.96. The van der Waals surface area contributed by atoms with Crippen LogP contribution < -0.4 is 10.5 Å². The molecule has 0 aromatic heterocycles. The number of carbonyl (C=O) groups is 1. The second-order valence-electron chi connectivity index (χ2n) is 4.61. The molecule has 104 valence electrons. The Labute approximate surface area is 118 Å². The molecule has 0 aliphatic heterocycles. The maximum Gasteiger partial charge on any atom is 0.337 e. The summed E-state index contributed by atoms with van der Waals surface area (Å²) < 4.78 is 10.6. The summed E-state index contributed by atoms with van der Waals surface area (Å²) in [7, 11) is 1.35. The van der Waals surface area contributed by atoms with E-state index in [4.69, 9.17) is 15.2 Å². The van der Waals surface area contributed by atoms with Gasteiger partial charge in [0.2, 0.25) is 0 Å². The molecular weight excluding hydrogens is 254 g/mol. The minimum atomic E-state index is -0.388. The molecular formula is C16H17NO3. The molecule has 0 aliphatic rings. The van der Waals surface area contributed by atoms with E-state index >= 15 is 0 Å². The van der Waals surface area contributed by atoms with Crippen LogP contribution in [0.1, 0.15) is 21.5 Å². The van der Waals surface area contributed by atoms with Crippen LogP contribution in [0.2, 0.25) is 0 Å². The van der Waals surface area contributed by atoms with Crippen LogP contribution in [0.4, 0.5) is 5.69 Å². The molecule has 20 heavy (non-hydrogen) atoms. The molecule has 0 saturated heterocycles. The molecule has 0 atom stereocenters. The average Bonchev–Trinajstić information content (AvgIpc) is 2.42. The SMILES string of the molecule is COC(=O)c1cccc(Oc2c(C)cc(N)cc2C)c1. The fraction of sp³-hybridized carbons (Fsp3) is 0.188. The second kappa shape index (κ2) is 5.65. The standard InChI is InChI=1S/C16H17NO3/c1-10-7-13(17)8-11(2)15(10)20-14-6-4-5-12(9-14)16(18)19-3/h4-9H,17H2,1-3H3. The van der Waals surface area contributed by atoms with Crippen molar-refractivity contribution >= 4 is 11.7 Å². The molecule has 0 fully saturated rings. The molecule has 4 heteroatoms. The lowest BCUT2D eigenvalue weighted by atomic mass is 10.1. The van der Waals surface area contributed by atoms with Crippen molar-refractivity contribution in [1.82, 2.24) is 0 Å². The molecule has 2 N–H and O–H groups in total. The predicted octanol–water partition coefficient (Wildman–Crippen LogP) is 3.46. The van der Waals surface area contributed by atoms with Crippen LogP contribution in [-0.4, -0.2) is 13.1 Å². The van der Waals surface area contributed by atoms with Crippen molar-refractivity contribution in [3.05, 3.63) is 53.1 Å². The number of aryl methyl sites for hydroxylation is 2. The lowest BCUT2D eigenvalue weighted by Crippen LogP contribution is -2.01. The van der Waals surface area contributed by atoms with Crippen LogP contribution in [0.5, 0.6) is 11.5 Å². The number of hydrogen-bond donors (Lipinski definition) is 1. The summed E-state index contributed by atoms with van der Waals surface area (Å²) in [6, 6.07) is 10.6. The summed E-state index contributed by atoms with van der Waals surface area (Å²) >= 11 is 0. The van der Waals surface area contributed by atoms with Gasteiger partial charge in [0.25, 0.3) is 0 Å². The predicted molar refractivity (Wildman–Crippen MR) is 78.2 cm³/mol. The highest BCUT2D eigenvalue weighted by Gasteiger charge is 2.10. The number of nitrogen functional groups attached to an aromatic ring is 1. The molecule has 0 bridgehead atoms. The highest BCUT2D eigenvalue weighted by Crippen LogP contribution is 2.30. The lowest BCUT2D eigenvalue weighted by Gasteiger charge is -2.13. The molecule has 4 nitrogen and oxygen atoms in total. The van der Waals surface area contributed by atoms with Crippen LogP contribution in [-0.2, 0) is 4.74 Å². The average molecular weight is 271 g/mol. The summed E-state index contributed by atoms with van der Waals surface area (Å²) in [4.78, 5) is 11.5. The quantitative estimate of drug-likeness (QED) is 0.686. The first kappa shape index (κ1) is 13.9. The van der Waals surface area contributed by atoms with Gasteiger partial charge in [0, 0.05) is 5.69 Å². The number of hydrogen-bond acceptors (Lipinski definition) is 4. The largest absolute Gasteiger partial charge is 0.465 e. The van der Waals surface area contributed by atoms with Crippen molar-refractivity contribution in [2.24, 2.45) is 0 Å². The van der Waals surface area contributed by atoms with Gasteiger partial charge in [-0.1, -0.05) is 6.07 Å². The Balaban J connectivity index is 2.33. The smallest absolute Gasteiger partial charge is 0.337 e. The Hall–Kier alpha value is -2.49. The van der Waals surface area contributed by atoms with Crippen LogP contribution >= 0.6 is 0 Å². The fourth-order valence-corrected chi connectivity index (χ4v) is 2.07. The van der Waals surface area contributed by atoms with Crippen molar-refractivity contribution in [2.45, 2.75) is 13.8 Å². The van der Waals surface area contributed by atoms with Crippen molar-refractivity contribution < 1.29 is 14.3 Å². The first-order valence-electron chi connectivity index (χ1n) is 6.24. The van der Waals surface area contributed by atoms with Crippen LogP contribution in [0.25, 0.3) is 0 Å². The van der Waals surface area contributed by atoms with Gasteiger partial charge in [0.15, 0.2) is 0 Å². The van der Waals surface area contributed by atoms with E-state index in [-0.39, 0.29) is 5.97 Å². The first-order chi connectivity index (χ1) is 9.51. The molecule has 0 spiro atoms. The topological polar surface area (TPSA) is 61.5 Å². The van der Waals surface area contributed by atoms with E-state index in [9.17, 15) is 4.79 Å². The van der Waals surface area contributed by atoms with Crippen LogP contribution in [0.15, 0.2) is 36.4 Å². The van der Waals surface area contributed by atoms with Crippen molar-refractivity contribution in [2.75, 3.05) is 12.8 Å². The maximum absolute atomic E-state index is 11.5. The van der Waals surface area contributed by atoms with E-state index in [0.717, 1.165) is 16.9 Å². The Kier molecular flexibility index (Phi) is 3.94. The molecule has 0 amide bonds. The number of nitrogens with two attached hydrogens (primary N) is 1. The summed E-state index contributed by atoms with van der Waals surface area (Å²) in [6.45, 7) is 3.87. The highest BCUT2D eigenvalue weighted by atomic mass is 16.5. The second-order valence-corrected chi connectivity index (χ2v) is 4.61. The molecule has 2 aromatic carbocycles. The van der Waals surface area contributed by atoms with Gasteiger partial charge in [0.1, 0.15) is 11.5 Å². The van der Waals surface area contributed by atoms with Crippen molar-refractivity contribution in [3.8, 4) is 11.5 Å². The maximum atomic E-state index is 11.5. The monoisotopic (exact) mass is 271 g/mol. The number of carbonyl (C=O) groups excluding carboxylic acids is 1. The van der Waals surface area contributed by atoms with Gasteiger partial charge in [-0.2, -0.15) is 0 Å². The number of benzene rings is 2. The first-order valence-corrected chi connectivity index (χ1v) is 6.24. The van der Waals surface area contributed by atoms with Gasteiger partial charge in [-0.05, 0) is 55.3 Å². The van der Waals surface area contributed by atoms with Gasteiger partial charge in [-0.15, -0.1) is 0 Å². The van der Waals surface area contributed by atoms with E-state index in [1.165, 1.54) is 7.11 Å². The normalized spacial score (nSPS) is 10.2. The fourth-order valence-electron chi connectivity index (χ4n) is 2.07. The zero-order valence-corrected chi connectivity index (χ0v) is 11.8. The van der Waals surface area contributed by atoms with Gasteiger partial charge in [-0.3, -0.25) is 0 Å². The summed E-state index contributed by atoms with van der Waals surface area (Å²) in [5.41, 5.74) is 8.85. The van der Waals surface area contributed by atoms with Crippen molar-refractivity contribution in [1.29, 1.82) is 0 Å². The number of anilines is 1. The molecule has 0 aliphatic carbocycles. The highest BCUT2D eigenvalue weighted by molar-refractivity contribution is 5.89. The van der Waals surface area contributed by atoms with Gasteiger partial charge in [0.05, 0.1) is 12.7 Å². The van der Waals surface area contributed by atoms with Crippen molar-refractivity contribution in [3.63, 3.8) is 0 Å². The van der Waals surface area contributed by atoms with Gasteiger partial charge in [-0.25, -0.2) is 4.79 Å².